The van der Waals surface area contributed by atoms with E-state index in [0.29, 0.717) is 31.1 Å². The van der Waals surface area contributed by atoms with Gasteiger partial charge in [0.1, 0.15) is 10.6 Å². The average Bonchev–Trinajstić information content (AvgIpc) is 2.69. The van der Waals surface area contributed by atoms with Gasteiger partial charge in [0.25, 0.3) is 0 Å². The molecule has 110 valence electrons. The SMILES string of the molecule is Cc1noc(C)c1S(=O)(=O)N1CCCC(CN)C1.Cl. The summed E-state index contributed by atoms with van der Waals surface area (Å²) in [5.74, 6) is 0.594. The summed E-state index contributed by atoms with van der Waals surface area (Å²) < 4.78 is 31.5. The highest BCUT2D eigenvalue weighted by atomic mass is 35.5. The number of aryl methyl sites for hydroxylation is 2. The Morgan fingerprint density at radius 3 is 2.68 bits per heavy atom. The summed E-state index contributed by atoms with van der Waals surface area (Å²) in [6.07, 6.45) is 1.84. The summed E-state index contributed by atoms with van der Waals surface area (Å²) in [5, 5.41) is 3.71. The molecule has 2 N–H and O–H groups in total. The van der Waals surface area contributed by atoms with Gasteiger partial charge < -0.3 is 10.3 Å². The van der Waals surface area contributed by atoms with E-state index in [1.807, 2.05) is 0 Å². The van der Waals surface area contributed by atoms with Gasteiger partial charge in [0.05, 0.1) is 0 Å². The Morgan fingerprint density at radius 2 is 2.16 bits per heavy atom. The predicted molar refractivity (Wildman–Crippen MR) is 73.8 cm³/mol. The lowest BCUT2D eigenvalue weighted by Crippen LogP contribution is -2.42. The van der Waals surface area contributed by atoms with E-state index in [-0.39, 0.29) is 23.2 Å². The zero-order valence-corrected chi connectivity index (χ0v) is 12.8. The Bertz CT molecular complexity index is 510. The van der Waals surface area contributed by atoms with Gasteiger partial charge in [-0.25, -0.2) is 8.42 Å². The van der Waals surface area contributed by atoms with Crippen molar-refractivity contribution in [3.63, 3.8) is 0 Å². The average molecular weight is 310 g/mol. The Kier molecular flexibility index (Phi) is 5.37. The molecule has 1 fully saturated rings. The lowest BCUT2D eigenvalue weighted by atomic mass is 10.0. The molecule has 1 aromatic rings. The van der Waals surface area contributed by atoms with E-state index in [1.54, 1.807) is 13.8 Å². The highest BCUT2D eigenvalue weighted by Crippen LogP contribution is 2.27. The van der Waals surface area contributed by atoms with E-state index in [1.165, 1.54) is 4.31 Å². The molecule has 0 amide bonds. The van der Waals surface area contributed by atoms with Crippen molar-refractivity contribution in [1.29, 1.82) is 0 Å². The molecule has 0 aliphatic carbocycles. The van der Waals surface area contributed by atoms with Crippen LogP contribution in [0.15, 0.2) is 9.42 Å². The first-order valence-electron chi connectivity index (χ1n) is 6.10. The molecule has 2 heterocycles. The van der Waals surface area contributed by atoms with Gasteiger partial charge in [0.2, 0.25) is 10.0 Å². The number of halogens is 1. The van der Waals surface area contributed by atoms with Crippen molar-refractivity contribution in [3.05, 3.63) is 11.5 Å². The van der Waals surface area contributed by atoms with E-state index in [4.69, 9.17) is 10.3 Å². The lowest BCUT2D eigenvalue weighted by molar-refractivity contribution is 0.271. The maximum Gasteiger partial charge on any atom is 0.248 e. The fourth-order valence-corrected chi connectivity index (χ4v) is 4.26. The fraction of sp³-hybridized carbons (Fsp3) is 0.727. The van der Waals surface area contributed by atoms with Crippen molar-refractivity contribution in [2.75, 3.05) is 19.6 Å². The van der Waals surface area contributed by atoms with E-state index in [2.05, 4.69) is 5.16 Å². The first kappa shape index (κ1) is 16.4. The van der Waals surface area contributed by atoms with Gasteiger partial charge in [-0.05, 0) is 39.2 Å². The molecule has 1 atom stereocenters. The molecule has 2 rings (SSSR count). The number of hydrogen-bond donors (Lipinski definition) is 1. The van der Waals surface area contributed by atoms with Gasteiger partial charge in [-0.3, -0.25) is 0 Å². The molecule has 0 aromatic carbocycles. The zero-order chi connectivity index (χ0) is 13.3. The fourth-order valence-electron chi connectivity index (χ4n) is 2.41. The molecule has 1 saturated heterocycles. The van der Waals surface area contributed by atoms with Crippen molar-refractivity contribution >= 4 is 22.4 Å². The number of nitrogens with two attached hydrogens (primary N) is 1. The van der Waals surface area contributed by atoms with Crippen LogP contribution in [0.4, 0.5) is 0 Å². The van der Waals surface area contributed by atoms with Crippen LogP contribution in [0, 0.1) is 19.8 Å². The standard InChI is InChI=1S/C11H19N3O3S.ClH/c1-8-11(9(2)17-13-8)18(15,16)14-5-3-4-10(6-12)7-14;/h10H,3-7,12H2,1-2H3;1H. The minimum atomic E-state index is -3.50. The Hall–Kier alpha value is -0.630. The molecular formula is C11H20ClN3O3S. The molecule has 0 radical (unpaired) electrons. The van der Waals surface area contributed by atoms with Crippen molar-refractivity contribution in [3.8, 4) is 0 Å². The highest BCUT2D eigenvalue weighted by Gasteiger charge is 2.33. The van der Waals surface area contributed by atoms with Crippen molar-refractivity contribution in [2.24, 2.45) is 11.7 Å². The summed E-state index contributed by atoms with van der Waals surface area (Å²) in [6.45, 7) is 4.82. The number of piperidine rings is 1. The van der Waals surface area contributed by atoms with Gasteiger partial charge in [-0.2, -0.15) is 4.31 Å². The second-order valence-electron chi connectivity index (χ2n) is 4.76. The molecule has 1 unspecified atom stereocenters. The number of aromatic nitrogens is 1. The molecular weight excluding hydrogens is 290 g/mol. The highest BCUT2D eigenvalue weighted by molar-refractivity contribution is 7.89. The molecule has 1 aromatic heterocycles. The maximum absolute atomic E-state index is 12.5. The predicted octanol–water partition coefficient (Wildman–Crippen LogP) is 1.07. The number of hydrogen-bond acceptors (Lipinski definition) is 5. The largest absolute Gasteiger partial charge is 0.360 e. The minimum Gasteiger partial charge on any atom is -0.360 e. The van der Waals surface area contributed by atoms with E-state index in [9.17, 15) is 8.42 Å². The van der Waals surface area contributed by atoms with E-state index in [0.717, 1.165) is 12.8 Å². The summed E-state index contributed by atoms with van der Waals surface area (Å²) in [6, 6.07) is 0. The molecule has 0 spiro atoms. The lowest BCUT2D eigenvalue weighted by Gasteiger charge is -2.31. The molecule has 0 saturated carbocycles. The second kappa shape index (κ2) is 6.21. The van der Waals surface area contributed by atoms with Crippen LogP contribution in [0.2, 0.25) is 0 Å². The van der Waals surface area contributed by atoms with Crippen LogP contribution in [0.25, 0.3) is 0 Å². The topological polar surface area (TPSA) is 89.4 Å². The molecule has 19 heavy (non-hydrogen) atoms. The molecule has 1 aliphatic heterocycles. The molecule has 1 aliphatic rings. The summed E-state index contributed by atoms with van der Waals surface area (Å²) in [5.41, 5.74) is 6.05. The first-order valence-corrected chi connectivity index (χ1v) is 7.54. The van der Waals surface area contributed by atoms with Crippen LogP contribution >= 0.6 is 12.4 Å². The smallest absolute Gasteiger partial charge is 0.248 e. The molecule has 6 nitrogen and oxygen atoms in total. The van der Waals surface area contributed by atoms with Gasteiger partial charge in [0, 0.05) is 13.1 Å². The number of nitrogens with zero attached hydrogens (tertiary/aromatic N) is 2. The quantitative estimate of drug-likeness (QED) is 0.902. The zero-order valence-electron chi connectivity index (χ0n) is 11.1. The maximum atomic E-state index is 12.5. The van der Waals surface area contributed by atoms with Crippen LogP contribution in [0.3, 0.4) is 0 Å². The van der Waals surface area contributed by atoms with E-state index >= 15 is 0 Å². The molecule has 0 bridgehead atoms. The summed E-state index contributed by atoms with van der Waals surface area (Å²) >= 11 is 0. The van der Waals surface area contributed by atoms with Gasteiger partial charge in [-0.15, -0.1) is 12.4 Å². The third-order valence-corrected chi connectivity index (χ3v) is 5.49. The van der Waals surface area contributed by atoms with E-state index < -0.39 is 10.0 Å². The van der Waals surface area contributed by atoms with Crippen molar-refractivity contribution in [1.82, 2.24) is 9.46 Å². The summed E-state index contributed by atoms with van der Waals surface area (Å²) in [7, 11) is -3.50. The van der Waals surface area contributed by atoms with Crippen LogP contribution < -0.4 is 5.73 Å². The number of rotatable bonds is 3. The monoisotopic (exact) mass is 309 g/mol. The Labute approximate surface area is 119 Å². The third-order valence-electron chi connectivity index (χ3n) is 3.38. The van der Waals surface area contributed by atoms with Crippen LogP contribution in [0.1, 0.15) is 24.3 Å². The Morgan fingerprint density at radius 1 is 1.47 bits per heavy atom. The van der Waals surface area contributed by atoms with Gasteiger partial charge in [0.15, 0.2) is 5.76 Å². The van der Waals surface area contributed by atoms with Crippen molar-refractivity contribution < 1.29 is 12.9 Å². The van der Waals surface area contributed by atoms with Gasteiger partial charge in [-0.1, -0.05) is 5.16 Å². The first-order chi connectivity index (χ1) is 8.46. The van der Waals surface area contributed by atoms with Crippen LogP contribution in [0.5, 0.6) is 0 Å². The molecule has 8 heteroatoms. The Balaban J connectivity index is 0.00000180. The van der Waals surface area contributed by atoms with Crippen LogP contribution in [-0.2, 0) is 10.0 Å². The second-order valence-corrected chi connectivity index (χ2v) is 6.64. The minimum absolute atomic E-state index is 0. The number of sulfonamides is 1. The normalized spacial score (nSPS) is 21.1. The van der Waals surface area contributed by atoms with Crippen molar-refractivity contribution in [2.45, 2.75) is 31.6 Å². The third kappa shape index (κ3) is 3.10. The van der Waals surface area contributed by atoms with Crippen LogP contribution in [-0.4, -0.2) is 37.5 Å². The van der Waals surface area contributed by atoms with Gasteiger partial charge >= 0.3 is 0 Å². The summed E-state index contributed by atoms with van der Waals surface area (Å²) in [4.78, 5) is 0.208.